The maximum atomic E-state index is 12.5. The van der Waals surface area contributed by atoms with E-state index in [9.17, 15) is 29.4 Å². The molecule has 0 aliphatic heterocycles. The third-order valence-corrected chi connectivity index (χ3v) is 16.1. The second-order valence-corrected chi connectivity index (χ2v) is 17.7. The number of allylic oxidation sites excluding steroid dienone is 1. The maximum absolute atomic E-state index is 12.5. The Hall–Kier alpha value is -1.92. The summed E-state index contributed by atoms with van der Waals surface area (Å²) < 4.78 is 0. The quantitative estimate of drug-likeness (QED) is 0.332. The Labute approximate surface area is 275 Å². The van der Waals surface area contributed by atoms with Crippen LogP contribution in [0, 0.1) is 69.0 Å². The molecule has 6 fully saturated rings. The minimum atomic E-state index is -0.419. The molecule has 8 rings (SSSR count). The number of aliphatic hydroxyl groups excluding tert-OH is 2. The number of hydrogen-bond donors (Lipinski definition) is 2. The summed E-state index contributed by atoms with van der Waals surface area (Å²) in [6.45, 7) is 9.24. The molecule has 0 saturated heterocycles. The monoisotopic (exact) mass is 632 g/mol. The van der Waals surface area contributed by atoms with E-state index in [1.54, 1.807) is 6.08 Å². The van der Waals surface area contributed by atoms with Crippen molar-refractivity contribution < 1.29 is 29.4 Å². The highest BCUT2D eigenvalue weighted by Crippen LogP contribution is 2.67. The van der Waals surface area contributed by atoms with Gasteiger partial charge in [0.2, 0.25) is 0 Å². The van der Waals surface area contributed by atoms with E-state index in [4.69, 9.17) is 0 Å². The van der Waals surface area contributed by atoms with Gasteiger partial charge >= 0.3 is 0 Å². The molecule has 0 bridgehead atoms. The molecule has 0 heterocycles. The van der Waals surface area contributed by atoms with E-state index < -0.39 is 5.41 Å². The summed E-state index contributed by atoms with van der Waals surface area (Å²) in [6.07, 6.45) is 16.9. The van der Waals surface area contributed by atoms with Gasteiger partial charge in [-0.2, -0.15) is 0 Å². The smallest absolute Gasteiger partial charge is 0.155 e. The number of ketones is 3. The zero-order chi connectivity index (χ0) is 32.8. The van der Waals surface area contributed by atoms with Gasteiger partial charge in [-0.3, -0.25) is 14.4 Å². The normalized spacial score (nSPS) is 50.7. The molecular formula is C40H56O6. The van der Waals surface area contributed by atoms with Crippen molar-refractivity contribution in [3.8, 4) is 0 Å². The number of rotatable bonds is 2. The Bertz CT molecular complexity index is 1380. The Balaban J connectivity index is 0.000000147. The summed E-state index contributed by atoms with van der Waals surface area (Å²) in [4.78, 5) is 48.5. The number of carbonyl (C=O) groups excluding carboxylic acids is 4. The molecule has 8 aliphatic carbocycles. The fourth-order valence-electron chi connectivity index (χ4n) is 13.6. The van der Waals surface area contributed by atoms with Crippen LogP contribution in [0.4, 0.5) is 0 Å². The molecule has 0 radical (unpaired) electrons. The third-order valence-electron chi connectivity index (χ3n) is 16.1. The summed E-state index contributed by atoms with van der Waals surface area (Å²) in [5.41, 5.74) is 1.65. The van der Waals surface area contributed by atoms with E-state index >= 15 is 0 Å². The lowest BCUT2D eigenvalue weighted by molar-refractivity contribution is -0.139. The van der Waals surface area contributed by atoms with Crippen LogP contribution in [0.2, 0.25) is 0 Å². The summed E-state index contributed by atoms with van der Waals surface area (Å²) in [5, 5.41) is 20.9. The molecule has 6 saturated carbocycles. The zero-order valence-electron chi connectivity index (χ0n) is 28.6. The van der Waals surface area contributed by atoms with Gasteiger partial charge in [0.05, 0.1) is 18.1 Å². The molecule has 0 spiro atoms. The van der Waals surface area contributed by atoms with Gasteiger partial charge in [-0.05, 0) is 136 Å². The Morgan fingerprint density at radius 1 is 0.739 bits per heavy atom. The van der Waals surface area contributed by atoms with Crippen LogP contribution >= 0.6 is 0 Å². The number of carbonyl (C=O) groups is 4. The highest BCUT2D eigenvalue weighted by atomic mass is 16.3. The molecule has 6 heteroatoms. The van der Waals surface area contributed by atoms with Crippen molar-refractivity contribution >= 4 is 23.6 Å². The lowest BCUT2D eigenvalue weighted by Crippen LogP contribution is -2.55. The first-order valence-corrected chi connectivity index (χ1v) is 18.6. The van der Waals surface area contributed by atoms with Crippen LogP contribution in [-0.2, 0) is 19.2 Å². The van der Waals surface area contributed by atoms with Crippen molar-refractivity contribution in [1.29, 1.82) is 0 Å². The molecule has 0 aromatic rings. The van der Waals surface area contributed by atoms with Gasteiger partial charge in [0.1, 0.15) is 12.1 Å². The largest absolute Gasteiger partial charge is 0.395 e. The van der Waals surface area contributed by atoms with E-state index in [1.807, 2.05) is 6.08 Å². The summed E-state index contributed by atoms with van der Waals surface area (Å²) in [6, 6.07) is 0. The number of fused-ring (bicyclic) bond motifs is 10. The molecule has 0 aromatic heterocycles. The Kier molecular flexibility index (Phi) is 8.03. The van der Waals surface area contributed by atoms with Gasteiger partial charge in [-0.15, -0.1) is 0 Å². The average Bonchev–Trinajstić information content (AvgIpc) is 3.51. The first-order valence-electron chi connectivity index (χ1n) is 18.6. The fourth-order valence-corrected chi connectivity index (χ4v) is 13.6. The van der Waals surface area contributed by atoms with Crippen molar-refractivity contribution in [1.82, 2.24) is 0 Å². The lowest BCUT2D eigenvalue weighted by atomic mass is 9.45. The van der Waals surface area contributed by atoms with Gasteiger partial charge in [0.25, 0.3) is 0 Å². The van der Waals surface area contributed by atoms with E-state index in [-0.39, 0.29) is 40.5 Å². The van der Waals surface area contributed by atoms with Gasteiger partial charge in [0.15, 0.2) is 11.6 Å². The molecule has 6 nitrogen and oxygen atoms in total. The predicted octanol–water partition coefficient (Wildman–Crippen LogP) is 6.61. The summed E-state index contributed by atoms with van der Waals surface area (Å²) in [5.74, 6) is 4.73. The minimum Gasteiger partial charge on any atom is -0.395 e. The predicted molar refractivity (Wildman–Crippen MR) is 175 cm³/mol. The average molecular weight is 633 g/mol. The van der Waals surface area contributed by atoms with E-state index in [0.29, 0.717) is 78.8 Å². The molecule has 0 aromatic carbocycles. The number of hydrogen-bond acceptors (Lipinski definition) is 6. The number of aldehydes is 1. The molecule has 2 N–H and O–H groups in total. The number of Topliss-reactive ketones (excluding diaryl/α,β-unsaturated/α-hetero) is 1. The van der Waals surface area contributed by atoms with Crippen molar-refractivity contribution in [2.75, 3.05) is 6.61 Å². The summed E-state index contributed by atoms with van der Waals surface area (Å²) in [7, 11) is 0. The van der Waals surface area contributed by atoms with Crippen LogP contribution in [0.5, 0.6) is 0 Å². The zero-order valence-corrected chi connectivity index (χ0v) is 28.6. The van der Waals surface area contributed by atoms with Crippen LogP contribution in [-0.4, -0.2) is 46.6 Å². The fraction of sp³-hybridized carbons (Fsp3) is 0.800. The number of aliphatic hydroxyl groups is 2. The summed E-state index contributed by atoms with van der Waals surface area (Å²) >= 11 is 0. The van der Waals surface area contributed by atoms with Crippen LogP contribution < -0.4 is 0 Å². The molecule has 252 valence electrons. The molecular weight excluding hydrogens is 576 g/mol. The second-order valence-electron chi connectivity index (χ2n) is 17.7. The standard InChI is InChI=1S/C20H30O3.C20H26O3/c2*1-12-9-13-10-14(22)5-8-20(13,11-21)16-6-7-19(2)15(18(12)16)3-4-17(19)23/h10,12,15-18,21,23H,3-9,11H2,1-2H3;10-12,15-16,18H,3-9H2,1-2H3/t12-,15+,16+,17?,18+,19+,20-;12-,15+,16+,18+,19+,20-/m11/s1. The topological polar surface area (TPSA) is 109 Å². The van der Waals surface area contributed by atoms with Gasteiger partial charge in [-0.1, -0.05) is 38.8 Å². The molecule has 8 aliphatic rings. The third kappa shape index (κ3) is 4.47. The van der Waals surface area contributed by atoms with E-state index in [2.05, 4.69) is 27.7 Å². The SMILES string of the molecule is C[C@@H]1CC2=CC(=O)CC[C@]2(C=O)[C@H]2CC[C@]3(C)C(=O)CC[C@H]3[C@H]12.C[C@@H]1CC2=CC(=O)CC[C@]2(CO)[C@H]2CC[C@]3(C)C(O)CC[C@H]3[C@H]12. The van der Waals surface area contributed by atoms with E-state index in [1.165, 1.54) is 5.57 Å². The maximum Gasteiger partial charge on any atom is 0.155 e. The van der Waals surface area contributed by atoms with Crippen molar-refractivity contribution in [3.05, 3.63) is 23.3 Å². The molecule has 13 atom stereocenters. The lowest BCUT2D eigenvalue weighted by Gasteiger charge is -2.60. The highest BCUT2D eigenvalue weighted by Gasteiger charge is 2.63. The second kappa shape index (κ2) is 11.3. The van der Waals surface area contributed by atoms with E-state index in [0.717, 1.165) is 76.1 Å². The van der Waals surface area contributed by atoms with Crippen LogP contribution in [0.3, 0.4) is 0 Å². The van der Waals surface area contributed by atoms with Crippen molar-refractivity contribution in [2.24, 2.45) is 69.0 Å². The van der Waals surface area contributed by atoms with Crippen molar-refractivity contribution in [2.45, 2.75) is 124 Å². The first-order chi connectivity index (χ1) is 21.8. The van der Waals surface area contributed by atoms with Crippen LogP contribution in [0.1, 0.15) is 118 Å². The molecule has 1 unspecified atom stereocenters. The molecule has 46 heavy (non-hydrogen) atoms. The van der Waals surface area contributed by atoms with Gasteiger partial charge < -0.3 is 15.0 Å². The Morgan fingerprint density at radius 3 is 2.07 bits per heavy atom. The first kappa shape index (κ1) is 32.6. The van der Waals surface area contributed by atoms with Crippen LogP contribution in [0.25, 0.3) is 0 Å². The molecule has 0 amide bonds. The van der Waals surface area contributed by atoms with Gasteiger partial charge in [-0.25, -0.2) is 0 Å². The van der Waals surface area contributed by atoms with Crippen molar-refractivity contribution in [3.63, 3.8) is 0 Å². The van der Waals surface area contributed by atoms with Gasteiger partial charge in [0, 0.05) is 30.1 Å². The highest BCUT2D eigenvalue weighted by molar-refractivity contribution is 5.94. The Morgan fingerprint density at radius 2 is 1.37 bits per heavy atom. The van der Waals surface area contributed by atoms with Crippen LogP contribution in [0.15, 0.2) is 23.3 Å². The minimum absolute atomic E-state index is 0.0672.